The lowest BCUT2D eigenvalue weighted by molar-refractivity contribution is -0.137. The first-order valence-corrected chi connectivity index (χ1v) is 9.19. The second-order valence-electron chi connectivity index (χ2n) is 7.49. The SMILES string of the molecule is CC(C)N(C)C(=O)CC1CCc2cncc(-c3ccc(C(F)(F)F)cc3F)c21. The maximum atomic E-state index is 14.6. The molecule has 1 amide bonds. The monoisotopic (exact) mass is 394 g/mol. The molecule has 0 N–H and O–H groups in total. The lowest BCUT2D eigenvalue weighted by Crippen LogP contribution is -2.33. The standard InChI is InChI=1S/C21H22F4N2O/c1-12(2)27(3)19(28)8-13-4-5-14-10-26-11-17(20(13)14)16-7-6-15(9-18(16)22)21(23,24)25/h6-7,9-13H,4-5,8H2,1-3H3. The molecule has 0 saturated heterocycles. The third-order valence-corrected chi connectivity index (χ3v) is 5.42. The zero-order chi connectivity index (χ0) is 20.6. The van der Waals surface area contributed by atoms with Crippen LogP contribution in [0.25, 0.3) is 11.1 Å². The van der Waals surface area contributed by atoms with Crippen molar-refractivity contribution in [3.05, 3.63) is 53.1 Å². The average Bonchev–Trinajstić information content (AvgIpc) is 3.03. The van der Waals surface area contributed by atoms with E-state index in [1.165, 1.54) is 6.20 Å². The molecule has 0 fully saturated rings. The molecule has 1 atom stereocenters. The summed E-state index contributed by atoms with van der Waals surface area (Å²) in [7, 11) is 1.74. The quantitative estimate of drug-likeness (QED) is 0.669. The van der Waals surface area contributed by atoms with Gasteiger partial charge in [0.15, 0.2) is 0 Å². The zero-order valence-corrected chi connectivity index (χ0v) is 16.0. The Kier molecular flexibility index (Phi) is 5.46. The molecule has 3 rings (SSSR count). The fraction of sp³-hybridized carbons (Fsp3) is 0.429. The van der Waals surface area contributed by atoms with Crippen LogP contribution in [0.2, 0.25) is 0 Å². The van der Waals surface area contributed by atoms with E-state index in [1.807, 2.05) is 13.8 Å². The van der Waals surface area contributed by atoms with Gasteiger partial charge >= 0.3 is 6.18 Å². The van der Waals surface area contributed by atoms with Crippen LogP contribution in [0.15, 0.2) is 30.6 Å². The number of carbonyl (C=O) groups excluding carboxylic acids is 1. The van der Waals surface area contributed by atoms with Crippen LogP contribution in [0.5, 0.6) is 0 Å². The summed E-state index contributed by atoms with van der Waals surface area (Å²) in [6.07, 6.45) is 0.278. The second kappa shape index (κ2) is 7.53. The van der Waals surface area contributed by atoms with Gasteiger partial charge in [0.25, 0.3) is 0 Å². The van der Waals surface area contributed by atoms with E-state index in [-0.39, 0.29) is 29.9 Å². The van der Waals surface area contributed by atoms with Crippen LogP contribution in [0.1, 0.15) is 49.3 Å². The number of nitrogens with zero attached hydrogens (tertiary/aromatic N) is 2. The molecule has 0 bridgehead atoms. The number of pyridine rings is 1. The number of alkyl halides is 3. The molecule has 0 saturated carbocycles. The van der Waals surface area contributed by atoms with E-state index in [0.717, 1.165) is 29.7 Å². The van der Waals surface area contributed by atoms with E-state index < -0.39 is 17.6 Å². The zero-order valence-electron chi connectivity index (χ0n) is 16.0. The Morgan fingerprint density at radius 1 is 1.25 bits per heavy atom. The highest BCUT2D eigenvalue weighted by atomic mass is 19.4. The van der Waals surface area contributed by atoms with Crippen molar-refractivity contribution >= 4 is 5.91 Å². The van der Waals surface area contributed by atoms with Crippen LogP contribution in [-0.4, -0.2) is 28.9 Å². The summed E-state index contributed by atoms with van der Waals surface area (Å²) in [6.45, 7) is 3.85. The van der Waals surface area contributed by atoms with Crippen molar-refractivity contribution < 1.29 is 22.4 Å². The number of rotatable bonds is 4. The maximum absolute atomic E-state index is 14.6. The summed E-state index contributed by atoms with van der Waals surface area (Å²) in [5.74, 6) is -1.06. The largest absolute Gasteiger partial charge is 0.416 e. The highest BCUT2D eigenvalue weighted by molar-refractivity contribution is 5.79. The van der Waals surface area contributed by atoms with Gasteiger partial charge in [-0.05, 0) is 55.9 Å². The lowest BCUT2D eigenvalue weighted by atomic mass is 9.90. The van der Waals surface area contributed by atoms with Crippen LogP contribution < -0.4 is 0 Å². The first-order chi connectivity index (χ1) is 13.1. The van der Waals surface area contributed by atoms with Gasteiger partial charge in [-0.15, -0.1) is 0 Å². The van der Waals surface area contributed by atoms with Gasteiger partial charge in [0.2, 0.25) is 5.91 Å². The van der Waals surface area contributed by atoms with E-state index in [1.54, 1.807) is 18.1 Å². The fourth-order valence-electron chi connectivity index (χ4n) is 3.64. The second-order valence-corrected chi connectivity index (χ2v) is 7.49. The Bertz CT molecular complexity index is 892. The van der Waals surface area contributed by atoms with Crippen LogP contribution in [-0.2, 0) is 17.4 Å². The maximum Gasteiger partial charge on any atom is 0.416 e. The molecular weight excluding hydrogens is 372 g/mol. The van der Waals surface area contributed by atoms with E-state index in [2.05, 4.69) is 4.98 Å². The lowest BCUT2D eigenvalue weighted by Gasteiger charge is -2.24. The van der Waals surface area contributed by atoms with Crippen molar-refractivity contribution in [3.63, 3.8) is 0 Å². The minimum Gasteiger partial charge on any atom is -0.343 e. The molecule has 28 heavy (non-hydrogen) atoms. The Hall–Kier alpha value is -2.44. The Morgan fingerprint density at radius 2 is 1.96 bits per heavy atom. The van der Waals surface area contributed by atoms with E-state index in [9.17, 15) is 22.4 Å². The normalized spacial score (nSPS) is 16.4. The molecule has 1 aliphatic carbocycles. The van der Waals surface area contributed by atoms with E-state index in [4.69, 9.17) is 0 Å². The van der Waals surface area contributed by atoms with Gasteiger partial charge in [0, 0.05) is 43.0 Å². The first kappa shape index (κ1) is 20.3. The number of amides is 1. The van der Waals surface area contributed by atoms with Crippen molar-refractivity contribution in [2.75, 3.05) is 7.05 Å². The third-order valence-electron chi connectivity index (χ3n) is 5.42. The number of fused-ring (bicyclic) bond motifs is 1. The summed E-state index contributed by atoms with van der Waals surface area (Å²) < 4.78 is 53.1. The van der Waals surface area contributed by atoms with Gasteiger partial charge in [-0.25, -0.2) is 4.39 Å². The third kappa shape index (κ3) is 3.88. The van der Waals surface area contributed by atoms with E-state index in [0.29, 0.717) is 18.1 Å². The summed E-state index contributed by atoms with van der Waals surface area (Å²) >= 11 is 0. The average molecular weight is 394 g/mol. The Labute approximate surface area is 161 Å². The van der Waals surface area contributed by atoms with Crippen LogP contribution >= 0.6 is 0 Å². The summed E-state index contributed by atoms with van der Waals surface area (Å²) in [5.41, 5.74) is 1.25. The molecule has 2 aromatic rings. The first-order valence-electron chi connectivity index (χ1n) is 9.19. The summed E-state index contributed by atoms with van der Waals surface area (Å²) in [5, 5.41) is 0. The molecule has 0 radical (unpaired) electrons. The van der Waals surface area contributed by atoms with Crippen LogP contribution in [0.4, 0.5) is 17.6 Å². The highest BCUT2D eigenvalue weighted by Crippen LogP contribution is 2.43. The predicted octanol–water partition coefficient (Wildman–Crippen LogP) is 5.19. The predicted molar refractivity (Wildman–Crippen MR) is 98.2 cm³/mol. The van der Waals surface area contributed by atoms with Gasteiger partial charge in [-0.1, -0.05) is 6.07 Å². The van der Waals surface area contributed by atoms with Gasteiger partial charge in [0.1, 0.15) is 5.82 Å². The molecule has 1 aliphatic rings. The molecule has 1 aromatic heterocycles. The van der Waals surface area contributed by atoms with Gasteiger partial charge < -0.3 is 4.90 Å². The number of hydrogen-bond acceptors (Lipinski definition) is 2. The minimum atomic E-state index is -4.60. The van der Waals surface area contributed by atoms with Crippen LogP contribution in [0, 0.1) is 5.82 Å². The van der Waals surface area contributed by atoms with Crippen molar-refractivity contribution in [1.29, 1.82) is 0 Å². The molecule has 150 valence electrons. The Balaban J connectivity index is 1.98. The van der Waals surface area contributed by atoms with Gasteiger partial charge in [-0.3, -0.25) is 9.78 Å². The smallest absolute Gasteiger partial charge is 0.343 e. The minimum absolute atomic E-state index is 0.0106. The molecule has 1 heterocycles. The summed E-state index contributed by atoms with van der Waals surface area (Å²) in [6, 6.07) is 2.60. The molecule has 7 heteroatoms. The number of carbonyl (C=O) groups is 1. The van der Waals surface area contributed by atoms with Gasteiger partial charge in [-0.2, -0.15) is 13.2 Å². The fourth-order valence-corrected chi connectivity index (χ4v) is 3.64. The molecule has 0 aliphatic heterocycles. The molecule has 3 nitrogen and oxygen atoms in total. The van der Waals surface area contributed by atoms with Crippen molar-refractivity contribution in [2.45, 2.75) is 51.2 Å². The van der Waals surface area contributed by atoms with Crippen molar-refractivity contribution in [3.8, 4) is 11.1 Å². The molecule has 0 spiro atoms. The molecule has 1 unspecified atom stereocenters. The number of benzene rings is 1. The van der Waals surface area contributed by atoms with Crippen molar-refractivity contribution in [1.82, 2.24) is 9.88 Å². The molecule has 1 aromatic carbocycles. The number of aromatic nitrogens is 1. The number of halogens is 4. The number of aryl methyl sites for hydroxylation is 1. The summed E-state index contributed by atoms with van der Waals surface area (Å²) in [4.78, 5) is 18.3. The number of hydrogen-bond donors (Lipinski definition) is 0. The van der Waals surface area contributed by atoms with Crippen molar-refractivity contribution in [2.24, 2.45) is 0 Å². The van der Waals surface area contributed by atoms with E-state index >= 15 is 0 Å². The van der Waals surface area contributed by atoms with Crippen LogP contribution in [0.3, 0.4) is 0 Å². The molecular formula is C21H22F4N2O. The topological polar surface area (TPSA) is 33.2 Å². The highest BCUT2D eigenvalue weighted by Gasteiger charge is 2.33. The van der Waals surface area contributed by atoms with Gasteiger partial charge in [0.05, 0.1) is 5.56 Å². The Morgan fingerprint density at radius 3 is 2.57 bits per heavy atom.